The van der Waals surface area contributed by atoms with Gasteiger partial charge in [-0.25, -0.2) is 0 Å². The molecule has 1 saturated heterocycles. The molecule has 2 fully saturated rings. The Morgan fingerprint density at radius 3 is 2.44 bits per heavy atom. The lowest BCUT2D eigenvalue weighted by Gasteiger charge is -2.49. The van der Waals surface area contributed by atoms with Gasteiger partial charge in [-0.05, 0) is 51.9 Å². The summed E-state index contributed by atoms with van der Waals surface area (Å²) in [5, 5.41) is 0. The van der Waals surface area contributed by atoms with E-state index in [1.165, 1.54) is 38.5 Å². The second kappa shape index (κ2) is 5.22. The summed E-state index contributed by atoms with van der Waals surface area (Å²) >= 11 is 0. The molecular weight excluding hydrogens is 222 g/mol. The SMILES string of the molecule is CC(C)C(=O)N1C(CCC2CC2)CCCC1(C)C. The Hall–Kier alpha value is -0.530. The molecule has 0 radical (unpaired) electrons. The molecule has 2 rings (SSSR count). The Morgan fingerprint density at radius 2 is 1.89 bits per heavy atom. The highest BCUT2D eigenvalue weighted by Crippen LogP contribution is 2.39. The Bertz CT molecular complexity index is 304. The average molecular weight is 251 g/mol. The summed E-state index contributed by atoms with van der Waals surface area (Å²) in [6.45, 7) is 8.56. The molecule has 1 aliphatic heterocycles. The number of hydrogen-bond donors (Lipinski definition) is 0. The van der Waals surface area contributed by atoms with Crippen molar-refractivity contribution >= 4 is 5.91 Å². The molecule has 1 saturated carbocycles. The van der Waals surface area contributed by atoms with E-state index < -0.39 is 0 Å². The number of nitrogens with zero attached hydrogens (tertiary/aromatic N) is 1. The van der Waals surface area contributed by atoms with Crippen molar-refractivity contribution in [1.82, 2.24) is 4.90 Å². The summed E-state index contributed by atoms with van der Waals surface area (Å²) in [6, 6.07) is 0.504. The van der Waals surface area contributed by atoms with Crippen LogP contribution in [-0.4, -0.2) is 22.4 Å². The van der Waals surface area contributed by atoms with Crippen LogP contribution >= 0.6 is 0 Å². The molecule has 2 heteroatoms. The summed E-state index contributed by atoms with van der Waals surface area (Å²) in [7, 11) is 0. The lowest BCUT2D eigenvalue weighted by atomic mass is 9.83. The minimum Gasteiger partial charge on any atom is -0.334 e. The molecule has 2 aliphatic rings. The number of hydrogen-bond acceptors (Lipinski definition) is 1. The van der Waals surface area contributed by atoms with Crippen molar-refractivity contribution in [1.29, 1.82) is 0 Å². The molecule has 0 aromatic rings. The fourth-order valence-electron chi connectivity index (χ4n) is 3.38. The van der Waals surface area contributed by atoms with Crippen LogP contribution < -0.4 is 0 Å². The third kappa shape index (κ3) is 3.07. The zero-order valence-electron chi connectivity index (χ0n) is 12.5. The quantitative estimate of drug-likeness (QED) is 0.739. The van der Waals surface area contributed by atoms with Crippen molar-refractivity contribution in [3.05, 3.63) is 0 Å². The highest BCUT2D eigenvalue weighted by Gasteiger charge is 2.40. The third-order valence-corrected chi connectivity index (χ3v) is 4.68. The maximum absolute atomic E-state index is 12.5. The molecular formula is C16H29NO. The largest absolute Gasteiger partial charge is 0.334 e. The standard InChI is InChI=1S/C16H29NO/c1-12(2)15(18)17-14(10-9-13-7-8-13)6-5-11-16(17,3)4/h12-14H,5-11H2,1-4H3. The van der Waals surface area contributed by atoms with Gasteiger partial charge in [0.05, 0.1) is 0 Å². The molecule has 1 unspecified atom stereocenters. The van der Waals surface area contributed by atoms with E-state index in [-0.39, 0.29) is 11.5 Å². The summed E-state index contributed by atoms with van der Waals surface area (Å²) in [6.07, 6.45) is 9.07. The van der Waals surface area contributed by atoms with Crippen LogP contribution in [0.15, 0.2) is 0 Å². The van der Waals surface area contributed by atoms with E-state index in [1.807, 2.05) is 13.8 Å². The molecule has 18 heavy (non-hydrogen) atoms. The van der Waals surface area contributed by atoms with Gasteiger partial charge in [0.2, 0.25) is 5.91 Å². The maximum Gasteiger partial charge on any atom is 0.225 e. The zero-order valence-corrected chi connectivity index (χ0v) is 12.5. The van der Waals surface area contributed by atoms with Crippen LogP contribution in [0.4, 0.5) is 0 Å². The van der Waals surface area contributed by atoms with Gasteiger partial charge in [-0.3, -0.25) is 4.79 Å². The molecule has 0 bridgehead atoms. The summed E-state index contributed by atoms with van der Waals surface area (Å²) in [4.78, 5) is 14.7. The molecule has 0 aromatic heterocycles. The van der Waals surface area contributed by atoms with Crippen LogP contribution in [0.5, 0.6) is 0 Å². The Kier molecular flexibility index (Phi) is 4.03. The summed E-state index contributed by atoms with van der Waals surface area (Å²) < 4.78 is 0. The van der Waals surface area contributed by atoms with Gasteiger partial charge in [0, 0.05) is 17.5 Å². The monoisotopic (exact) mass is 251 g/mol. The lowest BCUT2D eigenvalue weighted by Crippen LogP contribution is -2.57. The van der Waals surface area contributed by atoms with Gasteiger partial charge in [0.1, 0.15) is 0 Å². The van der Waals surface area contributed by atoms with Crippen LogP contribution in [0.1, 0.15) is 72.6 Å². The Morgan fingerprint density at radius 1 is 1.22 bits per heavy atom. The molecule has 0 aromatic carbocycles. The molecule has 2 nitrogen and oxygen atoms in total. The molecule has 1 amide bonds. The maximum atomic E-state index is 12.5. The van der Waals surface area contributed by atoms with Gasteiger partial charge in [0.15, 0.2) is 0 Å². The third-order valence-electron chi connectivity index (χ3n) is 4.68. The topological polar surface area (TPSA) is 20.3 Å². The summed E-state index contributed by atoms with van der Waals surface area (Å²) in [5.74, 6) is 1.47. The molecule has 104 valence electrons. The molecule has 1 atom stereocenters. The first-order valence-electron chi connectivity index (χ1n) is 7.75. The van der Waals surface area contributed by atoms with Crippen molar-refractivity contribution in [3.8, 4) is 0 Å². The average Bonchev–Trinajstić information content (AvgIpc) is 3.08. The van der Waals surface area contributed by atoms with Gasteiger partial charge in [-0.2, -0.15) is 0 Å². The Balaban J connectivity index is 2.05. The van der Waals surface area contributed by atoms with Crippen LogP contribution in [0.2, 0.25) is 0 Å². The minimum absolute atomic E-state index is 0.0633. The minimum atomic E-state index is 0.0633. The van der Waals surface area contributed by atoms with E-state index in [9.17, 15) is 4.79 Å². The predicted molar refractivity (Wildman–Crippen MR) is 75.4 cm³/mol. The fraction of sp³-hybridized carbons (Fsp3) is 0.938. The van der Waals surface area contributed by atoms with E-state index in [4.69, 9.17) is 0 Å². The summed E-state index contributed by atoms with van der Waals surface area (Å²) in [5.41, 5.74) is 0.0633. The number of likely N-dealkylation sites (tertiary alicyclic amines) is 1. The number of carbonyl (C=O) groups excluding carboxylic acids is 1. The molecule has 1 heterocycles. The van der Waals surface area contributed by atoms with E-state index in [0.717, 1.165) is 12.3 Å². The normalized spacial score (nSPS) is 27.6. The Labute approximate surface area is 112 Å². The number of carbonyl (C=O) groups is 1. The highest BCUT2D eigenvalue weighted by atomic mass is 16.2. The van der Waals surface area contributed by atoms with Crippen LogP contribution in [0.25, 0.3) is 0 Å². The molecule has 0 spiro atoms. The van der Waals surface area contributed by atoms with Gasteiger partial charge < -0.3 is 4.90 Å². The van der Waals surface area contributed by atoms with Gasteiger partial charge in [-0.1, -0.05) is 26.7 Å². The predicted octanol–water partition coefficient (Wildman–Crippen LogP) is 3.99. The number of amides is 1. The smallest absolute Gasteiger partial charge is 0.225 e. The van der Waals surface area contributed by atoms with Crippen LogP contribution in [0, 0.1) is 11.8 Å². The van der Waals surface area contributed by atoms with Crippen molar-refractivity contribution in [3.63, 3.8) is 0 Å². The second-order valence-corrected chi connectivity index (χ2v) is 7.24. The van der Waals surface area contributed by atoms with Crippen LogP contribution in [-0.2, 0) is 4.79 Å². The van der Waals surface area contributed by atoms with Crippen molar-refractivity contribution in [2.24, 2.45) is 11.8 Å². The first-order valence-corrected chi connectivity index (χ1v) is 7.75. The van der Waals surface area contributed by atoms with Gasteiger partial charge in [0.25, 0.3) is 0 Å². The number of piperidine rings is 1. The van der Waals surface area contributed by atoms with Crippen molar-refractivity contribution in [2.75, 3.05) is 0 Å². The first kappa shape index (κ1) is 13.9. The number of rotatable bonds is 4. The zero-order chi connectivity index (χ0) is 13.3. The van der Waals surface area contributed by atoms with E-state index in [1.54, 1.807) is 0 Å². The first-order chi connectivity index (χ1) is 8.42. The van der Waals surface area contributed by atoms with Crippen molar-refractivity contribution in [2.45, 2.75) is 84.2 Å². The van der Waals surface area contributed by atoms with Gasteiger partial charge >= 0.3 is 0 Å². The second-order valence-electron chi connectivity index (χ2n) is 7.24. The van der Waals surface area contributed by atoms with Gasteiger partial charge in [-0.15, -0.1) is 0 Å². The van der Waals surface area contributed by atoms with Crippen molar-refractivity contribution < 1.29 is 4.79 Å². The van der Waals surface area contributed by atoms with E-state index >= 15 is 0 Å². The molecule has 0 N–H and O–H groups in total. The highest BCUT2D eigenvalue weighted by molar-refractivity contribution is 5.79. The molecule has 1 aliphatic carbocycles. The fourth-order valence-corrected chi connectivity index (χ4v) is 3.38. The van der Waals surface area contributed by atoms with Crippen LogP contribution in [0.3, 0.4) is 0 Å². The lowest BCUT2D eigenvalue weighted by molar-refractivity contribution is -0.146. The van der Waals surface area contributed by atoms with E-state index in [0.29, 0.717) is 11.9 Å². The van der Waals surface area contributed by atoms with E-state index in [2.05, 4.69) is 18.7 Å².